The number of rotatable bonds is 4. The van der Waals surface area contributed by atoms with Crippen molar-refractivity contribution >= 4 is 11.6 Å². The molecule has 1 amide bonds. The Morgan fingerprint density at radius 3 is 2.21 bits per heavy atom. The maximum absolute atomic E-state index is 12.6. The molecule has 0 aliphatic heterocycles. The molecule has 128 valence electrons. The van der Waals surface area contributed by atoms with Gasteiger partial charge in [0.15, 0.2) is 0 Å². The highest BCUT2D eigenvalue weighted by atomic mass is 19.4. The molecule has 0 radical (unpaired) electrons. The molecule has 2 N–H and O–H groups in total. The van der Waals surface area contributed by atoms with Gasteiger partial charge in [0.2, 0.25) is 5.60 Å². The van der Waals surface area contributed by atoms with Crippen molar-refractivity contribution < 1.29 is 27.8 Å². The number of ether oxygens (including phenoxy) is 1. The Bertz CT molecular complexity index is 725. The monoisotopic (exact) mass is 339 g/mol. The van der Waals surface area contributed by atoms with Gasteiger partial charge >= 0.3 is 6.18 Å². The Hall–Kier alpha value is -2.54. The van der Waals surface area contributed by atoms with Crippen molar-refractivity contribution in [2.24, 2.45) is 0 Å². The number of anilines is 1. The summed E-state index contributed by atoms with van der Waals surface area (Å²) in [5.74, 6) is -0.894. The van der Waals surface area contributed by atoms with E-state index in [2.05, 4.69) is 5.32 Å². The van der Waals surface area contributed by atoms with Gasteiger partial charge in [0.1, 0.15) is 5.75 Å². The Morgan fingerprint density at radius 1 is 1.08 bits per heavy atom. The Morgan fingerprint density at radius 2 is 1.67 bits per heavy atom. The van der Waals surface area contributed by atoms with Crippen molar-refractivity contribution in [1.29, 1.82) is 0 Å². The van der Waals surface area contributed by atoms with Crippen LogP contribution in [0.5, 0.6) is 5.75 Å². The van der Waals surface area contributed by atoms with Gasteiger partial charge in [-0.05, 0) is 30.7 Å². The van der Waals surface area contributed by atoms with Gasteiger partial charge in [-0.2, -0.15) is 13.2 Å². The average molecular weight is 339 g/mol. The van der Waals surface area contributed by atoms with Crippen LogP contribution >= 0.6 is 0 Å². The van der Waals surface area contributed by atoms with Crippen molar-refractivity contribution in [3.8, 4) is 16.9 Å². The van der Waals surface area contributed by atoms with E-state index >= 15 is 0 Å². The Labute approximate surface area is 136 Å². The van der Waals surface area contributed by atoms with Crippen LogP contribution in [0.15, 0.2) is 48.5 Å². The van der Waals surface area contributed by atoms with Crippen LogP contribution in [-0.4, -0.2) is 29.9 Å². The normalized spacial score (nSPS) is 13.9. The zero-order valence-electron chi connectivity index (χ0n) is 13.0. The first-order chi connectivity index (χ1) is 11.2. The third kappa shape index (κ3) is 3.51. The summed E-state index contributed by atoms with van der Waals surface area (Å²) >= 11 is 0. The number of carbonyl (C=O) groups is 1. The van der Waals surface area contributed by atoms with E-state index in [0.717, 1.165) is 11.1 Å². The molecule has 0 aliphatic carbocycles. The lowest BCUT2D eigenvalue weighted by Gasteiger charge is -2.24. The zero-order valence-corrected chi connectivity index (χ0v) is 13.0. The zero-order chi connectivity index (χ0) is 18.0. The molecule has 0 saturated heterocycles. The van der Waals surface area contributed by atoms with Crippen LogP contribution in [-0.2, 0) is 4.79 Å². The lowest BCUT2D eigenvalue weighted by molar-refractivity contribution is -0.242. The molecule has 0 aliphatic rings. The summed E-state index contributed by atoms with van der Waals surface area (Å²) in [6.45, 7) is 0.408. The van der Waals surface area contributed by atoms with Crippen molar-refractivity contribution in [2.45, 2.75) is 18.7 Å². The molecule has 0 bridgehead atoms. The third-order valence-electron chi connectivity index (χ3n) is 3.55. The first-order valence-corrected chi connectivity index (χ1v) is 7.01. The number of methoxy groups -OCH3 is 1. The van der Waals surface area contributed by atoms with Gasteiger partial charge in [-0.3, -0.25) is 4.79 Å². The van der Waals surface area contributed by atoms with Gasteiger partial charge in [0.25, 0.3) is 5.91 Å². The van der Waals surface area contributed by atoms with Crippen LogP contribution in [0.2, 0.25) is 0 Å². The number of nitrogens with one attached hydrogen (secondary N) is 1. The lowest BCUT2D eigenvalue weighted by atomic mass is 10.0. The van der Waals surface area contributed by atoms with Crippen molar-refractivity contribution in [3.63, 3.8) is 0 Å². The fraction of sp³-hybridized carbons (Fsp3) is 0.235. The highest BCUT2D eigenvalue weighted by molar-refractivity contribution is 5.97. The summed E-state index contributed by atoms with van der Waals surface area (Å²) < 4.78 is 43.1. The van der Waals surface area contributed by atoms with E-state index < -0.39 is 17.7 Å². The number of alkyl halides is 3. The topological polar surface area (TPSA) is 58.6 Å². The Balaban J connectivity index is 2.20. The van der Waals surface area contributed by atoms with E-state index in [0.29, 0.717) is 12.7 Å². The second-order valence-corrected chi connectivity index (χ2v) is 5.30. The molecule has 4 nitrogen and oxygen atoms in total. The predicted octanol–water partition coefficient (Wildman–Crippen LogP) is 3.61. The van der Waals surface area contributed by atoms with Gasteiger partial charge < -0.3 is 15.2 Å². The highest BCUT2D eigenvalue weighted by Crippen LogP contribution is 2.32. The van der Waals surface area contributed by atoms with Crippen molar-refractivity contribution in [3.05, 3.63) is 48.5 Å². The quantitative estimate of drug-likeness (QED) is 0.895. The van der Waals surface area contributed by atoms with Crippen molar-refractivity contribution in [1.82, 2.24) is 0 Å². The number of carbonyl (C=O) groups excluding carboxylic acids is 1. The summed E-state index contributed by atoms with van der Waals surface area (Å²) in [7, 11) is 1.53. The number of benzene rings is 2. The van der Waals surface area contributed by atoms with Crippen molar-refractivity contribution in [2.75, 3.05) is 12.4 Å². The number of aliphatic hydroxyl groups is 1. The molecule has 1 unspecified atom stereocenters. The average Bonchev–Trinajstić information content (AvgIpc) is 2.54. The van der Waals surface area contributed by atoms with E-state index in [1.165, 1.54) is 19.2 Å². The van der Waals surface area contributed by atoms with Crippen LogP contribution < -0.4 is 10.1 Å². The largest absolute Gasteiger partial charge is 0.496 e. The van der Waals surface area contributed by atoms with Crippen LogP contribution in [0.25, 0.3) is 11.1 Å². The lowest BCUT2D eigenvalue weighted by Crippen LogP contribution is -2.52. The van der Waals surface area contributed by atoms with E-state index in [9.17, 15) is 23.1 Å². The van der Waals surface area contributed by atoms with E-state index in [-0.39, 0.29) is 5.69 Å². The molecule has 2 aromatic carbocycles. The summed E-state index contributed by atoms with van der Waals surface area (Å²) in [6.07, 6.45) is -5.06. The minimum absolute atomic E-state index is 0.142. The first kappa shape index (κ1) is 17.8. The maximum Gasteiger partial charge on any atom is 0.426 e. The van der Waals surface area contributed by atoms with Gasteiger partial charge in [-0.1, -0.05) is 30.3 Å². The molecule has 0 fully saturated rings. The summed E-state index contributed by atoms with van der Waals surface area (Å²) in [6, 6.07) is 13.4. The minimum atomic E-state index is -5.06. The minimum Gasteiger partial charge on any atom is -0.496 e. The smallest absolute Gasteiger partial charge is 0.426 e. The number of hydrogen-bond donors (Lipinski definition) is 2. The van der Waals surface area contributed by atoms with E-state index in [1.807, 2.05) is 18.2 Å². The molecule has 7 heteroatoms. The van der Waals surface area contributed by atoms with Crippen LogP contribution in [0.4, 0.5) is 18.9 Å². The molecule has 1 atom stereocenters. The molecule has 0 heterocycles. The van der Waals surface area contributed by atoms with Gasteiger partial charge in [-0.15, -0.1) is 0 Å². The molecule has 2 aromatic rings. The Kier molecular flexibility index (Phi) is 4.84. The summed E-state index contributed by atoms with van der Waals surface area (Å²) in [5.41, 5.74) is -1.75. The van der Waals surface area contributed by atoms with Crippen LogP contribution in [0, 0.1) is 0 Å². The standard InChI is InChI=1S/C17H16F3NO3/c1-16(23,17(18,19)20)15(22)21-12-9-7-11(8-10-12)13-5-3-4-6-14(13)24-2/h3-10,23H,1-2H3,(H,21,22). The van der Waals surface area contributed by atoms with Gasteiger partial charge in [0.05, 0.1) is 7.11 Å². The number of para-hydroxylation sites is 1. The van der Waals surface area contributed by atoms with Crippen LogP contribution in [0.1, 0.15) is 6.92 Å². The molecule has 0 aromatic heterocycles. The summed E-state index contributed by atoms with van der Waals surface area (Å²) in [4.78, 5) is 11.6. The molecule has 0 saturated carbocycles. The molecular weight excluding hydrogens is 323 g/mol. The van der Waals surface area contributed by atoms with Gasteiger partial charge in [0, 0.05) is 11.3 Å². The fourth-order valence-corrected chi connectivity index (χ4v) is 2.00. The maximum atomic E-state index is 12.6. The third-order valence-corrected chi connectivity index (χ3v) is 3.55. The number of amides is 1. The summed E-state index contributed by atoms with van der Waals surface area (Å²) in [5, 5.41) is 11.4. The SMILES string of the molecule is COc1ccccc1-c1ccc(NC(=O)C(C)(O)C(F)(F)F)cc1. The highest BCUT2D eigenvalue weighted by Gasteiger charge is 2.55. The van der Waals surface area contributed by atoms with Gasteiger partial charge in [-0.25, -0.2) is 0 Å². The first-order valence-electron chi connectivity index (χ1n) is 7.01. The predicted molar refractivity (Wildman–Crippen MR) is 83.7 cm³/mol. The molecular formula is C17H16F3NO3. The molecule has 2 rings (SSSR count). The number of hydrogen-bond acceptors (Lipinski definition) is 3. The van der Waals surface area contributed by atoms with E-state index in [1.54, 1.807) is 18.2 Å². The van der Waals surface area contributed by atoms with E-state index in [4.69, 9.17) is 4.74 Å². The second kappa shape index (κ2) is 6.52. The molecule has 0 spiro atoms. The fourth-order valence-electron chi connectivity index (χ4n) is 2.00. The second-order valence-electron chi connectivity index (χ2n) is 5.30. The molecule has 24 heavy (non-hydrogen) atoms. The number of halogens is 3. The van der Waals surface area contributed by atoms with Crippen LogP contribution in [0.3, 0.4) is 0 Å².